The lowest BCUT2D eigenvalue weighted by Gasteiger charge is -2.07. The maximum Gasteiger partial charge on any atom is 0.129 e. The molecule has 0 fully saturated rings. The fraction of sp³-hybridized carbons (Fsp3) is 0. The summed E-state index contributed by atoms with van der Waals surface area (Å²) >= 11 is 0. The molecule has 0 spiro atoms. The van der Waals surface area contributed by atoms with E-state index in [1.165, 1.54) is 0 Å². The van der Waals surface area contributed by atoms with Crippen molar-refractivity contribution in [2.75, 3.05) is 22.9 Å². The van der Waals surface area contributed by atoms with Crippen LogP contribution in [0.2, 0.25) is 0 Å². The first-order chi connectivity index (χ1) is 14.0. The Morgan fingerprint density at radius 3 is 1.52 bits per heavy atom. The molecule has 4 aromatic carbocycles. The number of benzene rings is 4. The maximum atomic E-state index is 5.87. The first kappa shape index (κ1) is 19.6. The highest BCUT2D eigenvalue weighted by Crippen LogP contribution is 2.29. The fourth-order valence-corrected chi connectivity index (χ4v) is 2.73. The van der Waals surface area contributed by atoms with Gasteiger partial charge in [-0.2, -0.15) is 0 Å². The molecular weight excluding hydrogens is 360 g/mol. The van der Waals surface area contributed by atoms with E-state index in [-0.39, 0.29) is 0 Å². The molecule has 0 aliphatic heterocycles. The topological polar surface area (TPSA) is 113 Å². The molecule has 0 aromatic heterocycles. The van der Waals surface area contributed by atoms with Gasteiger partial charge in [0.15, 0.2) is 0 Å². The largest absolute Gasteiger partial charge is 0.457 e. The highest BCUT2D eigenvalue weighted by molar-refractivity contribution is 5.83. The molecule has 0 amide bonds. The summed E-state index contributed by atoms with van der Waals surface area (Å²) in [4.78, 5) is 0. The van der Waals surface area contributed by atoms with E-state index < -0.39 is 0 Å². The summed E-state index contributed by atoms with van der Waals surface area (Å²) in [5.74, 6) is 1.47. The van der Waals surface area contributed by atoms with Gasteiger partial charge in [-0.25, -0.2) is 0 Å². The summed E-state index contributed by atoms with van der Waals surface area (Å²) in [6, 6.07) is 30.0. The van der Waals surface area contributed by atoms with E-state index >= 15 is 0 Å². The second-order valence-corrected chi connectivity index (χ2v) is 6.42. The van der Waals surface area contributed by atoms with Gasteiger partial charge < -0.3 is 27.7 Å². The molecule has 0 bridgehead atoms. The molecule has 0 saturated carbocycles. The molecule has 0 aliphatic rings. The third kappa shape index (κ3) is 5.43. The van der Waals surface area contributed by atoms with Crippen molar-refractivity contribution >= 4 is 22.7 Å². The molecular formula is C24H24N4O. The van der Waals surface area contributed by atoms with Crippen LogP contribution in [-0.4, -0.2) is 0 Å². The quantitative estimate of drug-likeness (QED) is 0.364. The summed E-state index contributed by atoms with van der Waals surface area (Å²) < 4.78 is 5.58. The summed E-state index contributed by atoms with van der Waals surface area (Å²) in [5.41, 5.74) is 27.8. The molecule has 29 heavy (non-hydrogen) atoms. The molecule has 0 heterocycles. The Labute approximate surface area is 170 Å². The van der Waals surface area contributed by atoms with Crippen LogP contribution in [0.5, 0.6) is 11.5 Å². The van der Waals surface area contributed by atoms with E-state index in [1.807, 2.05) is 78.9 Å². The lowest BCUT2D eigenvalue weighted by atomic mass is 10.0. The highest BCUT2D eigenvalue weighted by atomic mass is 16.5. The van der Waals surface area contributed by atoms with Gasteiger partial charge in [0.25, 0.3) is 0 Å². The summed E-state index contributed by atoms with van der Waals surface area (Å²) in [5, 5.41) is 0. The number of ether oxygens (including phenoxy) is 1. The SMILES string of the molecule is Nc1ccc(Oc2cccc(N)c2)cc1.Nc1ccccc1-c1ccccc1N. The first-order valence-corrected chi connectivity index (χ1v) is 9.11. The van der Waals surface area contributed by atoms with E-state index in [4.69, 9.17) is 27.7 Å². The molecule has 5 nitrogen and oxygen atoms in total. The lowest BCUT2D eigenvalue weighted by Crippen LogP contribution is -1.93. The minimum atomic E-state index is 0.683. The molecule has 0 unspecified atom stereocenters. The van der Waals surface area contributed by atoms with Crippen LogP contribution in [0.4, 0.5) is 22.7 Å². The Morgan fingerprint density at radius 1 is 0.448 bits per heavy atom. The number of nitrogen functional groups attached to an aromatic ring is 4. The minimum Gasteiger partial charge on any atom is -0.457 e. The van der Waals surface area contributed by atoms with Crippen molar-refractivity contribution in [2.45, 2.75) is 0 Å². The number of rotatable bonds is 3. The fourth-order valence-electron chi connectivity index (χ4n) is 2.73. The van der Waals surface area contributed by atoms with Gasteiger partial charge in [0, 0.05) is 39.9 Å². The van der Waals surface area contributed by atoms with Gasteiger partial charge in [-0.15, -0.1) is 0 Å². The second kappa shape index (κ2) is 9.19. The second-order valence-electron chi connectivity index (χ2n) is 6.42. The van der Waals surface area contributed by atoms with E-state index in [2.05, 4.69) is 0 Å². The van der Waals surface area contributed by atoms with Crippen molar-refractivity contribution < 1.29 is 4.74 Å². The van der Waals surface area contributed by atoms with E-state index in [0.29, 0.717) is 5.69 Å². The van der Waals surface area contributed by atoms with Crippen molar-refractivity contribution in [1.82, 2.24) is 0 Å². The van der Waals surface area contributed by atoms with E-state index in [9.17, 15) is 0 Å². The predicted molar refractivity (Wildman–Crippen MR) is 122 cm³/mol. The van der Waals surface area contributed by atoms with Crippen LogP contribution >= 0.6 is 0 Å². The summed E-state index contributed by atoms with van der Waals surface area (Å²) in [6.07, 6.45) is 0. The first-order valence-electron chi connectivity index (χ1n) is 9.11. The molecule has 8 N–H and O–H groups in total. The maximum absolute atomic E-state index is 5.87. The van der Waals surface area contributed by atoms with Crippen LogP contribution < -0.4 is 27.7 Å². The zero-order chi connectivity index (χ0) is 20.6. The minimum absolute atomic E-state index is 0.683. The molecule has 5 heteroatoms. The normalized spacial score (nSPS) is 9.93. The van der Waals surface area contributed by atoms with Gasteiger partial charge >= 0.3 is 0 Å². The number of hydrogen-bond donors (Lipinski definition) is 4. The Hall–Kier alpha value is -4.12. The van der Waals surface area contributed by atoms with Gasteiger partial charge in [-0.3, -0.25) is 0 Å². The van der Waals surface area contributed by atoms with E-state index in [0.717, 1.165) is 39.7 Å². The van der Waals surface area contributed by atoms with Crippen LogP contribution in [-0.2, 0) is 0 Å². The van der Waals surface area contributed by atoms with Gasteiger partial charge in [0.05, 0.1) is 0 Å². The van der Waals surface area contributed by atoms with Gasteiger partial charge in [-0.1, -0.05) is 42.5 Å². The monoisotopic (exact) mass is 384 g/mol. The Morgan fingerprint density at radius 2 is 1.00 bits per heavy atom. The highest BCUT2D eigenvalue weighted by Gasteiger charge is 2.03. The van der Waals surface area contributed by atoms with Crippen LogP contribution in [0.15, 0.2) is 97.1 Å². The van der Waals surface area contributed by atoms with Crippen molar-refractivity contribution in [3.8, 4) is 22.6 Å². The standard InChI is InChI=1S/C12H12N2O.C12H12N2/c13-9-4-6-11(7-5-9)15-12-3-1-2-10(14)8-12;13-11-7-3-1-5-9(11)10-6-2-4-8-12(10)14/h1-8H,13-14H2;1-8H,13-14H2. The zero-order valence-electron chi connectivity index (χ0n) is 16.0. The molecule has 146 valence electrons. The van der Waals surface area contributed by atoms with Crippen molar-refractivity contribution in [3.63, 3.8) is 0 Å². The summed E-state index contributed by atoms with van der Waals surface area (Å²) in [7, 11) is 0. The third-order valence-electron chi connectivity index (χ3n) is 4.19. The van der Waals surface area contributed by atoms with Crippen LogP contribution in [0, 0.1) is 0 Å². The Bertz CT molecular complexity index is 1030. The molecule has 0 saturated heterocycles. The van der Waals surface area contributed by atoms with Gasteiger partial charge in [-0.05, 0) is 48.5 Å². The Kier molecular flexibility index (Phi) is 6.22. The Balaban J connectivity index is 0.000000166. The van der Waals surface area contributed by atoms with Crippen molar-refractivity contribution in [2.24, 2.45) is 0 Å². The smallest absolute Gasteiger partial charge is 0.129 e. The van der Waals surface area contributed by atoms with Gasteiger partial charge in [0.2, 0.25) is 0 Å². The number of nitrogens with two attached hydrogens (primary N) is 4. The number of hydrogen-bond acceptors (Lipinski definition) is 5. The van der Waals surface area contributed by atoms with Gasteiger partial charge in [0.1, 0.15) is 11.5 Å². The van der Waals surface area contributed by atoms with E-state index in [1.54, 1.807) is 18.2 Å². The average Bonchev–Trinajstić information content (AvgIpc) is 2.71. The predicted octanol–water partition coefficient (Wildman–Crippen LogP) is 5.16. The number of para-hydroxylation sites is 2. The van der Waals surface area contributed by atoms with Crippen LogP contribution in [0.25, 0.3) is 11.1 Å². The molecule has 4 aromatic rings. The molecule has 0 radical (unpaired) electrons. The lowest BCUT2D eigenvalue weighted by molar-refractivity contribution is 0.483. The molecule has 0 atom stereocenters. The summed E-state index contributed by atoms with van der Waals surface area (Å²) in [6.45, 7) is 0. The average molecular weight is 384 g/mol. The zero-order valence-corrected chi connectivity index (χ0v) is 16.0. The molecule has 4 rings (SSSR count). The van der Waals surface area contributed by atoms with Crippen molar-refractivity contribution in [3.05, 3.63) is 97.1 Å². The van der Waals surface area contributed by atoms with Crippen LogP contribution in [0.1, 0.15) is 0 Å². The third-order valence-corrected chi connectivity index (χ3v) is 4.19. The van der Waals surface area contributed by atoms with Crippen LogP contribution in [0.3, 0.4) is 0 Å². The number of anilines is 4. The van der Waals surface area contributed by atoms with Crippen molar-refractivity contribution in [1.29, 1.82) is 0 Å². The molecule has 0 aliphatic carbocycles.